The van der Waals surface area contributed by atoms with Gasteiger partial charge in [-0.1, -0.05) is 23.4 Å². The maximum atomic E-state index is 15.7. The summed E-state index contributed by atoms with van der Waals surface area (Å²) in [6.07, 6.45) is -1.48. The summed E-state index contributed by atoms with van der Waals surface area (Å²) in [6, 6.07) is 10.5. The highest BCUT2D eigenvalue weighted by Crippen LogP contribution is 2.39. The lowest BCUT2D eigenvalue weighted by Gasteiger charge is -2.36. The lowest BCUT2D eigenvalue weighted by atomic mass is 9.88. The summed E-state index contributed by atoms with van der Waals surface area (Å²) in [4.78, 5) is 52.5. The highest BCUT2D eigenvalue weighted by molar-refractivity contribution is 6.05. The number of aromatic amines is 1. The van der Waals surface area contributed by atoms with Crippen molar-refractivity contribution in [1.29, 1.82) is 0 Å². The molecule has 1 atom stereocenters. The number of carbonyl (C=O) groups is 3. The van der Waals surface area contributed by atoms with Gasteiger partial charge in [0, 0.05) is 48.1 Å². The molecule has 0 aliphatic carbocycles. The van der Waals surface area contributed by atoms with E-state index in [0.29, 0.717) is 29.9 Å². The first kappa shape index (κ1) is 40.1. The number of nitrogens with one attached hydrogen (secondary N) is 3. The SMILES string of the molecule is Cc1nc(-c2cc(C(=O)NCc3nc(C(C)(C)C(F)(F)F)n[nH]3)on2)ncc1-c1ccc(C(C)N2CCC(c3ccc(N4CCC(=O)NC4=O)c(F)c3)CC2)cc1F. The molecule has 7 rings (SSSR count). The molecule has 5 aromatic rings. The third-order valence-corrected chi connectivity index (χ3v) is 10.8. The van der Waals surface area contributed by atoms with E-state index in [9.17, 15) is 27.6 Å². The Kier molecular flexibility index (Phi) is 10.8. The van der Waals surface area contributed by atoms with E-state index >= 15 is 8.78 Å². The Morgan fingerprint density at radius 2 is 1.76 bits per heavy atom. The van der Waals surface area contributed by atoms with Crippen LogP contribution < -0.4 is 15.5 Å². The van der Waals surface area contributed by atoms with Gasteiger partial charge in [-0.25, -0.2) is 28.5 Å². The van der Waals surface area contributed by atoms with Gasteiger partial charge in [-0.2, -0.15) is 18.3 Å². The van der Waals surface area contributed by atoms with Gasteiger partial charge in [0.2, 0.25) is 11.7 Å². The summed E-state index contributed by atoms with van der Waals surface area (Å²) in [5, 5.41) is 14.6. The maximum absolute atomic E-state index is 15.7. The van der Waals surface area contributed by atoms with Crippen LogP contribution in [0.2, 0.25) is 0 Å². The average molecular weight is 807 g/mol. The minimum Gasteiger partial charge on any atom is -0.350 e. The summed E-state index contributed by atoms with van der Waals surface area (Å²) < 4.78 is 76.0. The first-order valence-corrected chi connectivity index (χ1v) is 18.5. The normalized spacial score (nSPS) is 16.4. The van der Waals surface area contributed by atoms with Crippen molar-refractivity contribution >= 4 is 23.5 Å². The molecule has 2 fully saturated rings. The molecule has 0 bridgehead atoms. The highest BCUT2D eigenvalue weighted by atomic mass is 19.4. The van der Waals surface area contributed by atoms with E-state index in [1.54, 1.807) is 19.1 Å². The van der Waals surface area contributed by atoms with Crippen LogP contribution in [0, 0.1) is 18.6 Å². The third-order valence-electron chi connectivity index (χ3n) is 10.8. The van der Waals surface area contributed by atoms with E-state index in [4.69, 9.17) is 4.52 Å². The van der Waals surface area contributed by atoms with Crippen molar-refractivity contribution in [3.63, 3.8) is 0 Å². The zero-order chi connectivity index (χ0) is 41.5. The number of amides is 4. The maximum Gasteiger partial charge on any atom is 0.401 e. The summed E-state index contributed by atoms with van der Waals surface area (Å²) in [5.41, 5.74) is 0.795. The molecule has 0 radical (unpaired) electrons. The molecule has 3 N–H and O–H groups in total. The van der Waals surface area contributed by atoms with Crippen molar-refractivity contribution in [2.24, 2.45) is 0 Å². The van der Waals surface area contributed by atoms with E-state index in [1.165, 1.54) is 29.3 Å². The summed E-state index contributed by atoms with van der Waals surface area (Å²) in [7, 11) is 0. The van der Waals surface area contributed by atoms with E-state index in [1.807, 2.05) is 19.1 Å². The predicted molar refractivity (Wildman–Crippen MR) is 198 cm³/mol. The first-order valence-electron chi connectivity index (χ1n) is 18.5. The monoisotopic (exact) mass is 806 g/mol. The lowest BCUT2D eigenvalue weighted by molar-refractivity contribution is -0.182. The number of benzene rings is 2. The smallest absolute Gasteiger partial charge is 0.350 e. The number of rotatable bonds is 10. The number of imide groups is 1. The zero-order valence-electron chi connectivity index (χ0n) is 31.9. The van der Waals surface area contributed by atoms with E-state index in [0.717, 1.165) is 37.8 Å². The fraction of sp³-hybridized carbons (Fsp3) is 0.385. The number of alkyl halides is 3. The Morgan fingerprint density at radius 3 is 2.43 bits per heavy atom. The Morgan fingerprint density at radius 1 is 1.00 bits per heavy atom. The van der Waals surface area contributed by atoms with Crippen LogP contribution in [0.3, 0.4) is 0 Å². The minimum atomic E-state index is -4.58. The van der Waals surface area contributed by atoms with Crippen molar-refractivity contribution < 1.29 is 40.9 Å². The Balaban J connectivity index is 0.946. The molecule has 19 heteroatoms. The van der Waals surface area contributed by atoms with E-state index in [-0.39, 0.29) is 66.2 Å². The quantitative estimate of drug-likeness (QED) is 0.130. The van der Waals surface area contributed by atoms with Crippen LogP contribution in [0.15, 0.2) is 53.2 Å². The Hall–Kier alpha value is -6.11. The Bertz CT molecular complexity index is 2370. The van der Waals surface area contributed by atoms with Crippen LogP contribution in [0.1, 0.15) is 91.0 Å². The number of hydrogen-bond donors (Lipinski definition) is 3. The molecule has 58 heavy (non-hydrogen) atoms. The number of carbonyl (C=O) groups excluding carboxylic acids is 3. The molecule has 4 amide bonds. The number of urea groups is 1. The van der Waals surface area contributed by atoms with E-state index < -0.39 is 41.0 Å². The molecular formula is C39H39F5N10O4. The largest absolute Gasteiger partial charge is 0.401 e. The van der Waals surface area contributed by atoms with Crippen LogP contribution in [-0.4, -0.2) is 78.9 Å². The third kappa shape index (κ3) is 8.03. The van der Waals surface area contributed by atoms with Crippen molar-refractivity contribution in [3.05, 3.63) is 94.5 Å². The number of hydrogen-bond acceptors (Lipinski definition) is 10. The molecule has 0 saturated carbocycles. The van der Waals surface area contributed by atoms with Crippen molar-refractivity contribution in [2.75, 3.05) is 24.5 Å². The highest BCUT2D eigenvalue weighted by Gasteiger charge is 2.51. The van der Waals surface area contributed by atoms with Crippen molar-refractivity contribution in [2.45, 2.75) is 77.1 Å². The number of aromatic nitrogens is 6. The van der Waals surface area contributed by atoms with Crippen LogP contribution in [0.25, 0.3) is 22.6 Å². The van der Waals surface area contributed by atoms with Gasteiger partial charge in [-0.3, -0.25) is 29.8 Å². The lowest BCUT2D eigenvalue weighted by Crippen LogP contribution is -2.49. The van der Waals surface area contributed by atoms with Gasteiger partial charge in [-0.05, 0) is 88.9 Å². The number of likely N-dealkylation sites (tertiary alicyclic amines) is 1. The number of halogens is 5. The number of piperidine rings is 1. The second-order valence-electron chi connectivity index (χ2n) is 14.9. The standard InChI is InChI=1S/C39H39F5N10O4/c1-20-26(18-45-34(47-20)29-17-31(58-52-29)35(56)46-19-32-48-36(51-50-32)38(3,4)39(42,43)44)25-7-5-23(15-27(25)40)21(2)53-12-9-22(10-13-53)24-6-8-30(28(41)16-24)54-14-11-33(55)49-37(54)57/h5-8,15-18,21-22H,9-14,19H2,1-4H3,(H,46,56)(H,48,50,51)(H,49,55,57). The number of nitrogens with zero attached hydrogens (tertiary/aromatic N) is 7. The molecule has 2 aromatic carbocycles. The van der Waals surface area contributed by atoms with Crippen LogP contribution in [0.4, 0.5) is 32.4 Å². The van der Waals surface area contributed by atoms with Crippen molar-refractivity contribution in [1.82, 2.24) is 45.8 Å². The molecule has 3 aromatic heterocycles. The predicted octanol–water partition coefficient (Wildman–Crippen LogP) is 6.66. The molecule has 2 saturated heterocycles. The summed E-state index contributed by atoms with van der Waals surface area (Å²) in [5.74, 6) is -2.50. The number of anilines is 1. The van der Waals surface area contributed by atoms with Crippen LogP contribution >= 0.6 is 0 Å². The number of H-pyrrole nitrogens is 1. The fourth-order valence-corrected chi connectivity index (χ4v) is 7.00. The van der Waals surface area contributed by atoms with Gasteiger partial charge in [0.1, 0.15) is 22.9 Å². The van der Waals surface area contributed by atoms with Gasteiger partial charge in [0.05, 0.1) is 12.2 Å². The molecule has 5 heterocycles. The van der Waals surface area contributed by atoms with Gasteiger partial charge in [-0.15, -0.1) is 0 Å². The molecule has 2 aliphatic rings. The van der Waals surface area contributed by atoms with Gasteiger partial charge >= 0.3 is 12.2 Å². The average Bonchev–Trinajstić information content (AvgIpc) is 3.88. The van der Waals surface area contributed by atoms with Gasteiger partial charge in [0.15, 0.2) is 17.3 Å². The second kappa shape index (κ2) is 15.7. The molecule has 304 valence electrons. The van der Waals surface area contributed by atoms with Crippen molar-refractivity contribution in [3.8, 4) is 22.6 Å². The van der Waals surface area contributed by atoms with Crippen LogP contribution in [0.5, 0.6) is 0 Å². The molecular weight excluding hydrogens is 767 g/mol. The first-order chi connectivity index (χ1) is 27.5. The van der Waals surface area contributed by atoms with Crippen LogP contribution in [-0.2, 0) is 16.8 Å². The summed E-state index contributed by atoms with van der Waals surface area (Å²) >= 11 is 0. The van der Waals surface area contributed by atoms with Gasteiger partial charge in [0.25, 0.3) is 5.91 Å². The zero-order valence-corrected chi connectivity index (χ0v) is 31.9. The molecule has 2 aliphatic heterocycles. The van der Waals surface area contributed by atoms with E-state index in [2.05, 4.69) is 45.8 Å². The topological polar surface area (TPSA) is 175 Å². The minimum absolute atomic E-state index is 0.0107. The second-order valence-corrected chi connectivity index (χ2v) is 14.9. The molecule has 0 spiro atoms. The Labute approximate surface area is 328 Å². The molecule has 1 unspecified atom stereocenters. The number of aryl methyl sites for hydroxylation is 1. The molecule has 14 nitrogen and oxygen atoms in total. The van der Waals surface area contributed by atoms with Gasteiger partial charge < -0.3 is 9.84 Å². The fourth-order valence-electron chi connectivity index (χ4n) is 7.00. The summed E-state index contributed by atoms with van der Waals surface area (Å²) in [6.45, 7) is 6.88.